The zero-order valence-electron chi connectivity index (χ0n) is 18.8. The van der Waals surface area contributed by atoms with Gasteiger partial charge in [-0.1, -0.05) is 48.0 Å². The minimum Gasteiger partial charge on any atom is -0.482 e. The van der Waals surface area contributed by atoms with Crippen molar-refractivity contribution in [1.82, 2.24) is 5.43 Å². The first-order valence-electron chi connectivity index (χ1n) is 10.5. The van der Waals surface area contributed by atoms with E-state index in [9.17, 15) is 19.7 Å². The van der Waals surface area contributed by atoms with Crippen molar-refractivity contribution >= 4 is 29.4 Å². The number of amides is 2. The molecule has 2 amide bonds. The maximum atomic E-state index is 12.1. The summed E-state index contributed by atoms with van der Waals surface area (Å²) in [5, 5.41) is 17.9. The van der Waals surface area contributed by atoms with E-state index in [1.165, 1.54) is 18.3 Å². The topological polar surface area (TPSA) is 123 Å². The van der Waals surface area contributed by atoms with Crippen molar-refractivity contribution in [2.75, 3.05) is 5.32 Å². The first-order chi connectivity index (χ1) is 16.3. The predicted octanol–water partition coefficient (Wildman–Crippen LogP) is 4.27. The van der Waals surface area contributed by atoms with Gasteiger partial charge < -0.3 is 10.1 Å². The highest BCUT2D eigenvalue weighted by Gasteiger charge is 2.16. The van der Waals surface area contributed by atoms with E-state index in [2.05, 4.69) is 15.8 Å². The first kappa shape index (κ1) is 24.1. The van der Waals surface area contributed by atoms with Gasteiger partial charge in [0.25, 0.3) is 0 Å². The van der Waals surface area contributed by atoms with E-state index in [4.69, 9.17) is 4.74 Å². The van der Waals surface area contributed by atoms with E-state index >= 15 is 0 Å². The van der Waals surface area contributed by atoms with Gasteiger partial charge in [0, 0.05) is 17.3 Å². The molecule has 0 saturated carbocycles. The van der Waals surface area contributed by atoms with Crippen molar-refractivity contribution in [1.29, 1.82) is 0 Å². The third-order valence-electron chi connectivity index (χ3n) is 4.80. The zero-order chi connectivity index (χ0) is 24.5. The smallest absolute Gasteiger partial charge is 0.311 e. The molecule has 0 aliphatic carbocycles. The van der Waals surface area contributed by atoms with Crippen molar-refractivity contribution in [3.8, 4) is 5.75 Å². The molecule has 174 valence electrons. The van der Waals surface area contributed by atoms with Gasteiger partial charge in [-0.3, -0.25) is 19.7 Å². The molecule has 0 aromatic heterocycles. The second kappa shape index (κ2) is 11.4. The maximum absolute atomic E-state index is 12.1. The molecule has 0 saturated heterocycles. The van der Waals surface area contributed by atoms with Gasteiger partial charge in [0.2, 0.25) is 11.8 Å². The number of hydrazone groups is 1. The lowest BCUT2D eigenvalue weighted by Gasteiger charge is -2.08. The molecule has 0 atom stereocenters. The van der Waals surface area contributed by atoms with Crippen molar-refractivity contribution < 1.29 is 19.2 Å². The van der Waals surface area contributed by atoms with E-state index in [1.54, 1.807) is 12.1 Å². The van der Waals surface area contributed by atoms with Crippen LogP contribution in [0.1, 0.15) is 28.7 Å². The standard InChI is InChI=1S/C25H24N4O5/c1-17-8-10-21(18(2)12-17)27-24(30)14-25(31)28-26-15-20-9-11-23(22(13-20)29(32)33)34-16-19-6-4-3-5-7-19/h3-13,15H,14,16H2,1-2H3,(H,27,30)(H,28,31). The summed E-state index contributed by atoms with van der Waals surface area (Å²) in [7, 11) is 0. The van der Waals surface area contributed by atoms with Gasteiger partial charge in [-0.25, -0.2) is 5.43 Å². The Balaban J connectivity index is 1.55. The fraction of sp³-hybridized carbons (Fsp3) is 0.160. The van der Waals surface area contributed by atoms with Gasteiger partial charge in [-0.15, -0.1) is 0 Å². The largest absolute Gasteiger partial charge is 0.482 e. The number of ether oxygens (including phenoxy) is 1. The van der Waals surface area contributed by atoms with Crippen molar-refractivity contribution in [3.05, 3.63) is 99.1 Å². The van der Waals surface area contributed by atoms with E-state index in [0.717, 1.165) is 16.7 Å². The molecule has 0 radical (unpaired) electrons. The minimum absolute atomic E-state index is 0.123. The molecule has 0 fully saturated rings. The number of nitro benzene ring substituents is 1. The second-order valence-corrected chi connectivity index (χ2v) is 7.60. The molecule has 9 heteroatoms. The van der Waals surface area contributed by atoms with Crippen LogP contribution in [0.15, 0.2) is 71.8 Å². The third-order valence-corrected chi connectivity index (χ3v) is 4.80. The Labute approximate surface area is 196 Å². The van der Waals surface area contributed by atoms with Gasteiger partial charge in [-0.05, 0) is 43.2 Å². The average molecular weight is 460 g/mol. The molecule has 0 heterocycles. The lowest BCUT2D eigenvalue weighted by atomic mass is 10.1. The van der Waals surface area contributed by atoms with Crippen molar-refractivity contribution in [3.63, 3.8) is 0 Å². The highest BCUT2D eigenvalue weighted by atomic mass is 16.6. The van der Waals surface area contributed by atoms with Gasteiger partial charge in [0.1, 0.15) is 13.0 Å². The lowest BCUT2D eigenvalue weighted by Crippen LogP contribution is -2.24. The quantitative estimate of drug-likeness (QED) is 0.214. The number of hydrogen-bond donors (Lipinski definition) is 2. The summed E-state index contributed by atoms with van der Waals surface area (Å²) >= 11 is 0. The molecule has 2 N–H and O–H groups in total. The number of anilines is 1. The number of carbonyl (C=O) groups is 2. The third kappa shape index (κ3) is 6.99. The minimum atomic E-state index is -0.615. The Morgan fingerprint density at radius 1 is 1.03 bits per heavy atom. The Kier molecular flexibility index (Phi) is 8.07. The Morgan fingerprint density at radius 3 is 2.50 bits per heavy atom. The number of aryl methyl sites for hydroxylation is 2. The zero-order valence-corrected chi connectivity index (χ0v) is 18.8. The van der Waals surface area contributed by atoms with Crippen LogP contribution in [0, 0.1) is 24.0 Å². The van der Waals surface area contributed by atoms with Crippen molar-refractivity contribution in [2.24, 2.45) is 5.10 Å². The summed E-state index contributed by atoms with van der Waals surface area (Å²) in [5.74, 6) is -0.968. The number of nitrogens with one attached hydrogen (secondary N) is 2. The van der Waals surface area contributed by atoms with Crippen molar-refractivity contribution in [2.45, 2.75) is 26.9 Å². The second-order valence-electron chi connectivity index (χ2n) is 7.60. The van der Waals surface area contributed by atoms with Crippen LogP contribution in [0.4, 0.5) is 11.4 Å². The Bertz CT molecular complexity index is 1230. The molecule has 0 aliphatic rings. The summed E-state index contributed by atoms with van der Waals surface area (Å²) in [6, 6.07) is 19.2. The first-order valence-corrected chi connectivity index (χ1v) is 10.5. The van der Waals surface area contributed by atoms with E-state index < -0.39 is 23.2 Å². The fourth-order valence-electron chi connectivity index (χ4n) is 3.13. The lowest BCUT2D eigenvalue weighted by molar-refractivity contribution is -0.385. The molecule has 0 aliphatic heterocycles. The monoisotopic (exact) mass is 460 g/mol. The summed E-state index contributed by atoms with van der Waals surface area (Å²) in [6.45, 7) is 4.00. The average Bonchev–Trinajstić information content (AvgIpc) is 2.80. The van der Waals surface area contributed by atoms with Crippen LogP contribution in [0.5, 0.6) is 5.75 Å². The molecule has 3 rings (SSSR count). The van der Waals surface area contributed by atoms with E-state index in [-0.39, 0.29) is 18.0 Å². The van der Waals surface area contributed by atoms with Crippen LogP contribution < -0.4 is 15.5 Å². The molecule has 9 nitrogen and oxygen atoms in total. The van der Waals surface area contributed by atoms with Gasteiger partial charge in [0.05, 0.1) is 11.1 Å². The molecule has 3 aromatic carbocycles. The molecule has 3 aromatic rings. The number of nitrogens with zero attached hydrogens (tertiary/aromatic N) is 2. The summed E-state index contributed by atoms with van der Waals surface area (Å²) in [4.78, 5) is 35.0. The molecular weight excluding hydrogens is 436 g/mol. The fourth-order valence-corrected chi connectivity index (χ4v) is 3.13. The van der Waals surface area contributed by atoms with Crippen LogP contribution in [0.25, 0.3) is 0 Å². The number of nitro groups is 1. The molecule has 0 unspecified atom stereocenters. The summed E-state index contributed by atoms with van der Waals surface area (Å²) in [6.07, 6.45) is 0.838. The van der Waals surface area contributed by atoms with Crippen LogP contribution in [-0.2, 0) is 16.2 Å². The number of rotatable bonds is 9. The maximum Gasteiger partial charge on any atom is 0.311 e. The van der Waals surface area contributed by atoms with Crippen LogP contribution >= 0.6 is 0 Å². The van der Waals surface area contributed by atoms with Crippen LogP contribution in [0.3, 0.4) is 0 Å². The highest BCUT2D eigenvalue weighted by Crippen LogP contribution is 2.28. The Hall–Kier alpha value is -4.53. The molecular formula is C25H24N4O5. The van der Waals surface area contributed by atoms with Gasteiger partial charge >= 0.3 is 5.69 Å². The molecule has 34 heavy (non-hydrogen) atoms. The number of benzene rings is 3. The van der Waals surface area contributed by atoms with Crippen LogP contribution in [0.2, 0.25) is 0 Å². The number of hydrogen-bond acceptors (Lipinski definition) is 6. The predicted molar refractivity (Wildman–Crippen MR) is 129 cm³/mol. The van der Waals surface area contributed by atoms with Gasteiger partial charge in [0.15, 0.2) is 5.75 Å². The molecule has 0 bridgehead atoms. The highest BCUT2D eigenvalue weighted by molar-refractivity contribution is 6.04. The van der Waals surface area contributed by atoms with E-state index in [0.29, 0.717) is 11.3 Å². The van der Waals surface area contributed by atoms with Crippen LogP contribution in [-0.4, -0.2) is 23.0 Å². The molecule has 0 spiro atoms. The summed E-state index contributed by atoms with van der Waals surface area (Å²) in [5.41, 5.74) is 5.89. The number of carbonyl (C=O) groups excluding carboxylic acids is 2. The van der Waals surface area contributed by atoms with Gasteiger partial charge in [-0.2, -0.15) is 5.10 Å². The normalized spacial score (nSPS) is 10.6. The van der Waals surface area contributed by atoms with E-state index in [1.807, 2.05) is 56.3 Å². The SMILES string of the molecule is Cc1ccc(NC(=O)CC(=O)NN=Cc2ccc(OCc3ccccc3)c([N+](=O)[O-])c2)c(C)c1. The Morgan fingerprint density at radius 2 is 1.79 bits per heavy atom. The summed E-state index contributed by atoms with van der Waals surface area (Å²) < 4.78 is 5.59.